The molecule has 238 valence electrons. The second-order valence-corrected chi connectivity index (χ2v) is 14.9. The van der Waals surface area contributed by atoms with Crippen LogP contribution in [-0.4, -0.2) is 90.0 Å². The Balaban J connectivity index is 1.37. The van der Waals surface area contributed by atoms with Gasteiger partial charge in [0.1, 0.15) is 46.7 Å². The number of carbonyl (C=O) groups is 2. The number of nitrogens with zero attached hydrogens (tertiary/aromatic N) is 1. The first-order valence-electron chi connectivity index (χ1n) is 14.9. The lowest BCUT2D eigenvalue weighted by atomic mass is 9.60. The van der Waals surface area contributed by atoms with Gasteiger partial charge in [0.2, 0.25) is 6.29 Å². The standard InChI is InChI=1S/C32H34N2O9S2/c1-15-11-19-25(37)18-3-2-4-20-24(18)27(39)31(19,22(36)12-15)14-44-45-23-6-5-17-16(8-10-33-29(17)34-23)7-9-32(41)26(38)21(13-35)43-30(42-20)28(32)40/h2-4,8,10-12,19,21,23,26,28,30,35-36,38,40-41H,5-7,9,13-14H2,1H3,(H,33,34)/t19-,21-,23-,26-,28+,30-,31+,32+/m1/s1. The van der Waals surface area contributed by atoms with E-state index in [0.29, 0.717) is 17.8 Å². The van der Waals surface area contributed by atoms with Gasteiger partial charge in [0, 0.05) is 17.5 Å². The zero-order valence-electron chi connectivity index (χ0n) is 24.4. The lowest BCUT2D eigenvalue weighted by Crippen LogP contribution is -2.68. The van der Waals surface area contributed by atoms with Crippen LogP contribution < -0.4 is 10.1 Å². The molecule has 8 bridgehead atoms. The van der Waals surface area contributed by atoms with E-state index in [9.17, 15) is 35.1 Å². The first-order valence-corrected chi connectivity index (χ1v) is 17.3. The number of aromatic nitrogens is 1. The van der Waals surface area contributed by atoms with E-state index in [-0.39, 0.29) is 52.4 Å². The summed E-state index contributed by atoms with van der Waals surface area (Å²) in [4.78, 5) is 33.3. The van der Waals surface area contributed by atoms with Crippen LogP contribution in [0.3, 0.4) is 0 Å². The summed E-state index contributed by atoms with van der Waals surface area (Å²) in [5, 5.41) is 59.3. The summed E-state index contributed by atoms with van der Waals surface area (Å²) < 4.78 is 11.9. The molecule has 2 aromatic rings. The van der Waals surface area contributed by atoms with Crippen LogP contribution in [-0.2, 0) is 17.6 Å². The van der Waals surface area contributed by atoms with Gasteiger partial charge in [-0.3, -0.25) is 9.59 Å². The van der Waals surface area contributed by atoms with Crippen molar-refractivity contribution < 1.29 is 44.6 Å². The number of Topliss-reactive ketones (excluding diaryl/α,β-unsaturated/α-hetero) is 2. The first-order chi connectivity index (χ1) is 21.6. The summed E-state index contributed by atoms with van der Waals surface area (Å²) in [6.07, 6.45) is 0.0789. The van der Waals surface area contributed by atoms with Gasteiger partial charge in [0.25, 0.3) is 0 Å². The third-order valence-electron chi connectivity index (χ3n) is 9.73. The van der Waals surface area contributed by atoms with Crippen LogP contribution in [0.4, 0.5) is 5.82 Å². The quantitative estimate of drug-likeness (QED) is 0.248. The highest BCUT2D eigenvalue weighted by molar-refractivity contribution is 8.77. The van der Waals surface area contributed by atoms with Crippen molar-refractivity contribution in [2.24, 2.45) is 11.3 Å². The van der Waals surface area contributed by atoms with Gasteiger partial charge >= 0.3 is 0 Å². The van der Waals surface area contributed by atoms with Crippen molar-refractivity contribution >= 4 is 39.0 Å². The maximum Gasteiger partial charge on any atom is 0.229 e. The Morgan fingerprint density at radius 3 is 2.78 bits per heavy atom. The average Bonchev–Trinajstić information content (AvgIpc) is 3.03. The van der Waals surface area contributed by atoms with E-state index in [1.807, 2.05) is 6.07 Å². The summed E-state index contributed by atoms with van der Waals surface area (Å²) in [5.41, 5.74) is -1.21. The second-order valence-electron chi connectivity index (χ2n) is 12.3. The van der Waals surface area contributed by atoms with Gasteiger partial charge in [0.15, 0.2) is 11.6 Å². The Morgan fingerprint density at radius 2 is 1.98 bits per heavy atom. The van der Waals surface area contributed by atoms with Crippen molar-refractivity contribution in [3.05, 3.63) is 76.2 Å². The van der Waals surface area contributed by atoms with Crippen molar-refractivity contribution in [3.8, 4) is 5.75 Å². The molecule has 11 nitrogen and oxygen atoms in total. The first kappa shape index (κ1) is 30.7. The molecule has 1 spiro atoms. The van der Waals surface area contributed by atoms with Crippen LogP contribution in [0.2, 0.25) is 0 Å². The topological polar surface area (TPSA) is 179 Å². The van der Waals surface area contributed by atoms with E-state index >= 15 is 0 Å². The molecule has 4 aliphatic heterocycles. The molecule has 1 aromatic heterocycles. The number of rotatable bonds is 1. The molecule has 0 unspecified atom stereocenters. The number of carbonyl (C=O) groups excluding carboxylic acids is 2. The van der Waals surface area contributed by atoms with E-state index in [2.05, 4.69) is 10.3 Å². The summed E-state index contributed by atoms with van der Waals surface area (Å²) >= 11 is 0. The average molecular weight is 655 g/mol. The fraction of sp³-hybridized carbons (Fsp3) is 0.469. The highest BCUT2D eigenvalue weighted by Gasteiger charge is 2.59. The van der Waals surface area contributed by atoms with Crippen molar-refractivity contribution in [2.45, 2.75) is 68.2 Å². The number of fused-ring (bicyclic) bond motifs is 4. The molecule has 1 aromatic carbocycles. The fourth-order valence-electron chi connectivity index (χ4n) is 7.20. The Morgan fingerprint density at radius 1 is 1.16 bits per heavy atom. The molecule has 13 heteroatoms. The third-order valence-corrected chi connectivity index (χ3v) is 12.5. The van der Waals surface area contributed by atoms with Gasteiger partial charge in [-0.25, -0.2) is 4.98 Å². The van der Waals surface area contributed by atoms with Gasteiger partial charge in [-0.2, -0.15) is 0 Å². The maximum atomic E-state index is 14.6. The van der Waals surface area contributed by atoms with Crippen LogP contribution >= 0.6 is 21.6 Å². The van der Waals surface area contributed by atoms with Gasteiger partial charge in [-0.15, -0.1) is 0 Å². The predicted molar refractivity (Wildman–Crippen MR) is 167 cm³/mol. The van der Waals surface area contributed by atoms with Crippen molar-refractivity contribution in [1.29, 1.82) is 0 Å². The third kappa shape index (κ3) is 4.74. The van der Waals surface area contributed by atoms with E-state index in [1.165, 1.54) is 39.8 Å². The largest absolute Gasteiger partial charge is 0.511 e. The number of aliphatic hydroxyl groups excluding tert-OH is 4. The molecular formula is C32H34N2O9S2. The van der Waals surface area contributed by atoms with Crippen LogP contribution in [0.25, 0.3) is 0 Å². The van der Waals surface area contributed by atoms with Crippen LogP contribution in [0.15, 0.2) is 53.9 Å². The second kappa shape index (κ2) is 11.4. The Kier molecular flexibility index (Phi) is 7.79. The summed E-state index contributed by atoms with van der Waals surface area (Å²) in [6, 6.07) is 6.38. The minimum atomic E-state index is -2.16. The minimum absolute atomic E-state index is 0.0657. The van der Waals surface area contributed by atoms with Gasteiger partial charge in [0.05, 0.1) is 23.5 Å². The molecule has 0 saturated carbocycles. The summed E-state index contributed by atoms with van der Waals surface area (Å²) in [5.74, 6) is -1.35. The number of hydrogen-bond acceptors (Lipinski definition) is 13. The number of ketones is 2. The highest BCUT2D eigenvalue weighted by Crippen LogP contribution is 2.53. The smallest absolute Gasteiger partial charge is 0.229 e. The summed E-state index contributed by atoms with van der Waals surface area (Å²) in [6.45, 7) is 1.08. The van der Waals surface area contributed by atoms with Crippen LogP contribution in [0.5, 0.6) is 5.75 Å². The van der Waals surface area contributed by atoms with E-state index < -0.39 is 53.9 Å². The summed E-state index contributed by atoms with van der Waals surface area (Å²) in [7, 11) is 2.91. The van der Waals surface area contributed by atoms with Crippen molar-refractivity contribution in [3.63, 3.8) is 0 Å². The van der Waals surface area contributed by atoms with E-state index in [4.69, 9.17) is 9.47 Å². The number of hydrogen-bond donors (Lipinski definition) is 6. The molecule has 5 heterocycles. The Labute approximate surface area is 267 Å². The molecule has 8 rings (SSSR count). The number of allylic oxidation sites excluding steroid dienone is 4. The molecular weight excluding hydrogens is 620 g/mol. The number of aryl methyl sites for hydroxylation is 1. The normalized spacial score (nSPS) is 36.0. The molecule has 1 saturated heterocycles. The highest BCUT2D eigenvalue weighted by atomic mass is 33.1. The number of anilines is 1. The molecule has 1 fully saturated rings. The van der Waals surface area contributed by atoms with Crippen molar-refractivity contribution in [1.82, 2.24) is 4.98 Å². The SMILES string of the molecule is CC1=C[C@@H]2C(=O)c3cccc4c3C(=O)[C@]2(CSS[C@@H]2CCc3c(ccnc3N2)CC[C@]2(O)[C@H](O)[C@@H](CO)O[C@@H](O4)[C@@H]2O)C(O)=C1. The van der Waals surface area contributed by atoms with Crippen LogP contribution in [0, 0.1) is 11.3 Å². The lowest BCUT2D eigenvalue weighted by Gasteiger charge is -2.48. The molecule has 0 amide bonds. The minimum Gasteiger partial charge on any atom is -0.511 e. The van der Waals surface area contributed by atoms with Gasteiger partial charge in [-0.1, -0.05) is 45.4 Å². The number of aliphatic hydroxyl groups is 5. The Bertz CT molecular complexity index is 1630. The monoisotopic (exact) mass is 654 g/mol. The van der Waals surface area contributed by atoms with Gasteiger partial charge < -0.3 is 40.3 Å². The number of ether oxygens (including phenoxy) is 2. The number of pyridine rings is 1. The zero-order valence-corrected chi connectivity index (χ0v) is 26.0. The number of nitrogens with one attached hydrogen (secondary N) is 1. The molecule has 45 heavy (non-hydrogen) atoms. The zero-order chi connectivity index (χ0) is 31.7. The predicted octanol–water partition coefficient (Wildman–Crippen LogP) is 2.73. The van der Waals surface area contributed by atoms with Crippen molar-refractivity contribution in [2.75, 3.05) is 17.7 Å². The lowest BCUT2D eigenvalue weighted by molar-refractivity contribution is -0.315. The maximum absolute atomic E-state index is 14.6. The van der Waals surface area contributed by atoms with Crippen LogP contribution in [0.1, 0.15) is 51.6 Å². The molecule has 6 aliphatic rings. The van der Waals surface area contributed by atoms with E-state index in [0.717, 1.165) is 17.5 Å². The van der Waals surface area contributed by atoms with Gasteiger partial charge in [-0.05, 0) is 61.9 Å². The molecule has 2 aliphatic carbocycles. The Hall–Kier alpha value is -2.91. The fourth-order valence-corrected chi connectivity index (χ4v) is 10.1. The molecule has 0 radical (unpaired) electrons. The number of benzene rings is 1. The molecule has 8 atom stereocenters. The molecule has 6 N–H and O–H groups in total. The van der Waals surface area contributed by atoms with E-state index in [1.54, 1.807) is 25.3 Å².